The minimum Gasteiger partial charge on any atom is -0.339 e. The van der Waals surface area contributed by atoms with Crippen molar-refractivity contribution >= 4 is 33.2 Å². The summed E-state index contributed by atoms with van der Waals surface area (Å²) < 4.78 is 27.6. The second kappa shape index (κ2) is 7.06. The molecule has 1 aliphatic heterocycles. The van der Waals surface area contributed by atoms with Crippen LogP contribution in [0.2, 0.25) is 5.02 Å². The van der Waals surface area contributed by atoms with Crippen LogP contribution in [-0.2, 0) is 10.0 Å². The molecule has 1 amide bonds. The maximum absolute atomic E-state index is 12.5. The second-order valence-electron chi connectivity index (χ2n) is 6.11. The van der Waals surface area contributed by atoms with Gasteiger partial charge in [0.05, 0.1) is 15.6 Å². The number of hydrogen-bond donors (Lipinski definition) is 1. The Balaban J connectivity index is 1.87. The fraction of sp³-hybridized carbons (Fsp3) is 0.278. The Labute approximate surface area is 152 Å². The predicted molar refractivity (Wildman–Crippen MR) is 98.6 cm³/mol. The minimum atomic E-state index is -3.77. The molecule has 25 heavy (non-hydrogen) atoms. The van der Waals surface area contributed by atoms with Gasteiger partial charge in [-0.25, -0.2) is 8.42 Å². The Hall–Kier alpha value is -2.05. The summed E-state index contributed by atoms with van der Waals surface area (Å²) in [5.74, 6) is -0.107. The van der Waals surface area contributed by atoms with Crippen molar-refractivity contribution in [2.45, 2.75) is 24.7 Å². The molecule has 1 fully saturated rings. The summed E-state index contributed by atoms with van der Waals surface area (Å²) in [6.07, 6.45) is 1.98. The lowest BCUT2D eigenvalue weighted by atomic mass is 10.2. The highest BCUT2D eigenvalue weighted by Crippen LogP contribution is 2.27. The van der Waals surface area contributed by atoms with E-state index in [2.05, 4.69) is 4.72 Å². The number of rotatable bonds is 4. The molecule has 0 aliphatic carbocycles. The topological polar surface area (TPSA) is 66.5 Å². The monoisotopic (exact) mass is 378 g/mol. The zero-order chi connectivity index (χ0) is 18.0. The van der Waals surface area contributed by atoms with Gasteiger partial charge in [-0.2, -0.15) is 0 Å². The van der Waals surface area contributed by atoms with Gasteiger partial charge in [-0.05, 0) is 50.1 Å². The van der Waals surface area contributed by atoms with E-state index in [9.17, 15) is 13.2 Å². The standard InChI is InChI=1S/C18H19ClN2O3S/c1-13-4-7-15(8-5-13)25(23,24)20-17-12-14(6-9-16(17)19)18(22)21-10-2-3-11-21/h4-9,12,20H,2-3,10-11H2,1H3. The number of sulfonamides is 1. The second-order valence-corrected chi connectivity index (χ2v) is 8.20. The number of hydrogen-bond acceptors (Lipinski definition) is 3. The van der Waals surface area contributed by atoms with Gasteiger partial charge in [0.25, 0.3) is 15.9 Å². The van der Waals surface area contributed by atoms with Gasteiger partial charge in [0.2, 0.25) is 0 Å². The van der Waals surface area contributed by atoms with Crippen LogP contribution in [0.15, 0.2) is 47.4 Å². The number of aryl methyl sites for hydroxylation is 1. The summed E-state index contributed by atoms with van der Waals surface area (Å²) in [5, 5.41) is 0.244. The lowest BCUT2D eigenvalue weighted by Gasteiger charge is -2.16. The highest BCUT2D eigenvalue weighted by atomic mass is 35.5. The number of amides is 1. The summed E-state index contributed by atoms with van der Waals surface area (Å²) in [6.45, 7) is 3.34. The molecule has 2 aromatic carbocycles. The Morgan fingerprint density at radius 2 is 1.72 bits per heavy atom. The highest BCUT2D eigenvalue weighted by Gasteiger charge is 2.21. The molecule has 2 aromatic rings. The summed E-state index contributed by atoms with van der Waals surface area (Å²) in [6, 6.07) is 11.2. The molecule has 132 valence electrons. The fourth-order valence-electron chi connectivity index (χ4n) is 2.76. The highest BCUT2D eigenvalue weighted by molar-refractivity contribution is 7.92. The molecule has 0 saturated carbocycles. The zero-order valence-electron chi connectivity index (χ0n) is 13.8. The van der Waals surface area contributed by atoms with Crippen LogP contribution in [0.25, 0.3) is 0 Å². The van der Waals surface area contributed by atoms with E-state index >= 15 is 0 Å². The number of anilines is 1. The third-order valence-electron chi connectivity index (χ3n) is 4.18. The lowest BCUT2D eigenvalue weighted by Crippen LogP contribution is -2.27. The van der Waals surface area contributed by atoms with E-state index in [1.165, 1.54) is 24.3 Å². The Morgan fingerprint density at radius 1 is 1.08 bits per heavy atom. The van der Waals surface area contributed by atoms with Crippen molar-refractivity contribution in [3.63, 3.8) is 0 Å². The molecule has 0 bridgehead atoms. The fourth-order valence-corrected chi connectivity index (χ4v) is 4.05. The van der Waals surface area contributed by atoms with Crippen LogP contribution in [0.5, 0.6) is 0 Å². The molecule has 1 N–H and O–H groups in total. The molecular formula is C18H19ClN2O3S. The van der Waals surface area contributed by atoms with Gasteiger partial charge in [0.1, 0.15) is 0 Å². The first-order valence-electron chi connectivity index (χ1n) is 8.05. The van der Waals surface area contributed by atoms with Crippen LogP contribution in [-0.4, -0.2) is 32.3 Å². The first kappa shape index (κ1) is 17.8. The molecule has 3 rings (SSSR count). The predicted octanol–water partition coefficient (Wildman–Crippen LogP) is 3.69. The number of carbonyl (C=O) groups is 1. The zero-order valence-corrected chi connectivity index (χ0v) is 15.4. The minimum absolute atomic E-state index is 0.107. The quantitative estimate of drug-likeness (QED) is 0.882. The van der Waals surface area contributed by atoms with Crippen molar-refractivity contribution in [1.29, 1.82) is 0 Å². The largest absolute Gasteiger partial charge is 0.339 e. The smallest absolute Gasteiger partial charge is 0.261 e. The maximum atomic E-state index is 12.5. The van der Waals surface area contributed by atoms with Crippen LogP contribution in [0, 0.1) is 6.92 Å². The summed E-state index contributed by atoms with van der Waals surface area (Å²) >= 11 is 6.13. The number of nitrogens with one attached hydrogen (secondary N) is 1. The molecular weight excluding hydrogens is 360 g/mol. The third-order valence-corrected chi connectivity index (χ3v) is 5.89. The van der Waals surface area contributed by atoms with Crippen molar-refractivity contribution in [3.8, 4) is 0 Å². The molecule has 1 heterocycles. The summed E-state index contributed by atoms with van der Waals surface area (Å²) in [7, 11) is -3.77. The molecule has 0 aromatic heterocycles. The molecule has 5 nitrogen and oxygen atoms in total. The maximum Gasteiger partial charge on any atom is 0.261 e. The van der Waals surface area contributed by atoms with Crippen molar-refractivity contribution in [2.75, 3.05) is 17.8 Å². The van der Waals surface area contributed by atoms with Gasteiger partial charge in [-0.1, -0.05) is 29.3 Å². The van der Waals surface area contributed by atoms with Crippen LogP contribution in [0.3, 0.4) is 0 Å². The van der Waals surface area contributed by atoms with Gasteiger partial charge >= 0.3 is 0 Å². The Morgan fingerprint density at radius 3 is 2.36 bits per heavy atom. The van der Waals surface area contributed by atoms with Gasteiger partial charge in [0.15, 0.2) is 0 Å². The Kier molecular flexibility index (Phi) is 5.01. The average molecular weight is 379 g/mol. The number of likely N-dealkylation sites (tertiary alicyclic amines) is 1. The average Bonchev–Trinajstić information content (AvgIpc) is 3.11. The Bertz CT molecular complexity index is 889. The molecule has 0 unspecified atom stereocenters. The van der Waals surface area contributed by atoms with Gasteiger partial charge < -0.3 is 4.90 Å². The van der Waals surface area contributed by atoms with Crippen LogP contribution >= 0.6 is 11.6 Å². The van der Waals surface area contributed by atoms with E-state index in [4.69, 9.17) is 11.6 Å². The molecule has 1 saturated heterocycles. The number of halogens is 1. The molecule has 0 radical (unpaired) electrons. The normalized spacial score (nSPS) is 14.6. The number of benzene rings is 2. The van der Waals surface area contributed by atoms with Crippen LogP contribution < -0.4 is 4.72 Å². The van der Waals surface area contributed by atoms with Gasteiger partial charge in [0, 0.05) is 18.7 Å². The van der Waals surface area contributed by atoms with E-state index in [1.807, 2.05) is 6.92 Å². The van der Waals surface area contributed by atoms with Crippen molar-refractivity contribution in [3.05, 3.63) is 58.6 Å². The van der Waals surface area contributed by atoms with Crippen molar-refractivity contribution < 1.29 is 13.2 Å². The number of nitrogens with zero attached hydrogens (tertiary/aromatic N) is 1. The molecule has 0 spiro atoms. The molecule has 1 aliphatic rings. The van der Waals surface area contributed by atoms with Gasteiger partial charge in [-0.3, -0.25) is 9.52 Å². The van der Waals surface area contributed by atoms with Gasteiger partial charge in [-0.15, -0.1) is 0 Å². The lowest BCUT2D eigenvalue weighted by molar-refractivity contribution is 0.0793. The molecule has 0 atom stereocenters. The third kappa shape index (κ3) is 3.96. The van der Waals surface area contributed by atoms with E-state index in [0.717, 1.165) is 31.5 Å². The van der Waals surface area contributed by atoms with Crippen LogP contribution in [0.1, 0.15) is 28.8 Å². The van der Waals surface area contributed by atoms with Crippen LogP contribution in [0.4, 0.5) is 5.69 Å². The number of carbonyl (C=O) groups excluding carboxylic acids is 1. The van der Waals surface area contributed by atoms with E-state index in [1.54, 1.807) is 23.1 Å². The van der Waals surface area contributed by atoms with Crippen molar-refractivity contribution in [2.24, 2.45) is 0 Å². The van der Waals surface area contributed by atoms with E-state index in [0.29, 0.717) is 5.56 Å². The SMILES string of the molecule is Cc1ccc(S(=O)(=O)Nc2cc(C(=O)N3CCCC3)ccc2Cl)cc1. The first-order valence-corrected chi connectivity index (χ1v) is 9.91. The first-order chi connectivity index (χ1) is 11.9. The summed E-state index contributed by atoms with van der Waals surface area (Å²) in [4.78, 5) is 14.4. The summed E-state index contributed by atoms with van der Waals surface area (Å²) in [5.41, 5.74) is 1.59. The molecule has 7 heteroatoms. The van der Waals surface area contributed by atoms with E-state index in [-0.39, 0.29) is 21.5 Å². The van der Waals surface area contributed by atoms with E-state index < -0.39 is 10.0 Å². The van der Waals surface area contributed by atoms with Crippen molar-refractivity contribution in [1.82, 2.24) is 4.90 Å².